The highest BCUT2D eigenvalue weighted by atomic mass is 35.5. The third-order valence-corrected chi connectivity index (χ3v) is 4.29. The molecule has 1 aromatic carbocycles. The molecule has 1 aliphatic rings. The molecule has 5 heteroatoms. The zero-order chi connectivity index (χ0) is 14.9. The van der Waals surface area contributed by atoms with Gasteiger partial charge >= 0.3 is 0 Å². The minimum absolute atomic E-state index is 0. The first kappa shape index (κ1) is 16.7. The number of nitrogens with zero attached hydrogens (tertiary/aromatic N) is 2. The molecular weight excluding hydrogens is 298 g/mol. The molecule has 1 aromatic heterocycles. The van der Waals surface area contributed by atoms with E-state index in [1.54, 1.807) is 0 Å². The van der Waals surface area contributed by atoms with Gasteiger partial charge in [-0.25, -0.2) is 0 Å². The van der Waals surface area contributed by atoms with Crippen molar-refractivity contribution in [3.05, 3.63) is 47.1 Å². The first-order valence-electron chi connectivity index (χ1n) is 7.51. The van der Waals surface area contributed by atoms with Crippen LogP contribution in [-0.2, 0) is 12.0 Å². The summed E-state index contributed by atoms with van der Waals surface area (Å²) in [5, 5.41) is 4.03. The van der Waals surface area contributed by atoms with Gasteiger partial charge in [0.15, 0.2) is 5.82 Å². The Morgan fingerprint density at radius 1 is 1.32 bits per heavy atom. The molecule has 1 fully saturated rings. The Morgan fingerprint density at radius 3 is 2.55 bits per heavy atom. The summed E-state index contributed by atoms with van der Waals surface area (Å²) < 4.78 is 5.31. The maximum absolute atomic E-state index is 6.21. The summed E-state index contributed by atoms with van der Waals surface area (Å²) in [6, 6.07) is 8.54. The molecule has 0 spiro atoms. The van der Waals surface area contributed by atoms with Crippen LogP contribution in [0.25, 0.3) is 11.6 Å². The third kappa shape index (κ3) is 3.23. The van der Waals surface area contributed by atoms with Crippen LogP contribution < -0.4 is 5.73 Å². The smallest absolute Gasteiger partial charge is 0.250 e. The molecule has 0 amide bonds. The molecule has 22 heavy (non-hydrogen) atoms. The molecule has 2 aromatic rings. The molecule has 1 saturated carbocycles. The van der Waals surface area contributed by atoms with Crippen molar-refractivity contribution in [2.75, 3.05) is 0 Å². The lowest BCUT2D eigenvalue weighted by Crippen LogP contribution is -2.44. The molecule has 1 heterocycles. The van der Waals surface area contributed by atoms with Gasteiger partial charge in [0.25, 0.3) is 5.89 Å². The van der Waals surface area contributed by atoms with Crippen LogP contribution in [-0.4, -0.2) is 10.1 Å². The maximum atomic E-state index is 6.21. The predicted octanol–water partition coefficient (Wildman–Crippen LogP) is 3.95. The highest BCUT2D eigenvalue weighted by Gasteiger charge is 2.38. The van der Waals surface area contributed by atoms with Crippen molar-refractivity contribution in [3.8, 4) is 0 Å². The van der Waals surface area contributed by atoms with Crippen molar-refractivity contribution in [1.29, 1.82) is 0 Å². The van der Waals surface area contributed by atoms with Gasteiger partial charge in [-0.3, -0.25) is 0 Å². The van der Waals surface area contributed by atoms with Crippen LogP contribution in [0.5, 0.6) is 0 Å². The van der Waals surface area contributed by atoms with E-state index in [0.717, 1.165) is 36.8 Å². The Balaban J connectivity index is 0.00000176. The van der Waals surface area contributed by atoms with Gasteiger partial charge in [0.2, 0.25) is 0 Å². The van der Waals surface area contributed by atoms with Crippen molar-refractivity contribution in [3.63, 3.8) is 0 Å². The molecule has 3 rings (SSSR count). The average molecular weight is 320 g/mol. The summed E-state index contributed by atoms with van der Waals surface area (Å²) >= 11 is 0. The van der Waals surface area contributed by atoms with Gasteiger partial charge in [-0.2, -0.15) is 4.98 Å². The summed E-state index contributed by atoms with van der Waals surface area (Å²) in [5.74, 6) is 1.16. The number of aromatic nitrogens is 2. The number of rotatable bonds is 4. The Morgan fingerprint density at radius 2 is 2.00 bits per heavy atom. The van der Waals surface area contributed by atoms with E-state index in [-0.39, 0.29) is 17.9 Å². The van der Waals surface area contributed by atoms with Crippen molar-refractivity contribution in [1.82, 2.24) is 10.1 Å². The summed E-state index contributed by atoms with van der Waals surface area (Å²) in [7, 11) is 0. The van der Waals surface area contributed by atoms with E-state index in [1.165, 1.54) is 5.56 Å². The molecule has 0 unspecified atom stereocenters. The zero-order valence-electron chi connectivity index (χ0n) is 13.0. The summed E-state index contributed by atoms with van der Waals surface area (Å²) in [6.07, 6.45) is 5.98. The van der Waals surface area contributed by atoms with Gasteiger partial charge < -0.3 is 10.3 Å². The minimum atomic E-state index is -0.369. The van der Waals surface area contributed by atoms with E-state index < -0.39 is 0 Å². The molecule has 0 radical (unpaired) electrons. The zero-order valence-corrected chi connectivity index (χ0v) is 13.8. The fourth-order valence-corrected chi connectivity index (χ4v) is 2.55. The molecule has 118 valence electrons. The average Bonchev–Trinajstić information content (AvgIpc) is 2.93. The SMILES string of the molecule is CCc1ccc(/C(C)=C/c2nc(C3(N)CCC3)no2)cc1.Cl. The number of hydrogen-bond donors (Lipinski definition) is 1. The lowest BCUT2D eigenvalue weighted by molar-refractivity contribution is 0.229. The lowest BCUT2D eigenvalue weighted by atomic mass is 9.77. The van der Waals surface area contributed by atoms with Crippen LogP contribution in [0.3, 0.4) is 0 Å². The van der Waals surface area contributed by atoms with E-state index in [1.807, 2.05) is 13.0 Å². The standard InChI is InChI=1S/C17H21N3O.ClH/c1-3-13-5-7-14(8-6-13)12(2)11-15-19-16(20-21-15)17(18)9-4-10-17;/h5-8,11H,3-4,9-10,18H2,1-2H3;1H/b12-11+;. The summed E-state index contributed by atoms with van der Waals surface area (Å²) in [6.45, 7) is 4.20. The molecule has 0 atom stereocenters. The number of halogens is 1. The number of aryl methyl sites for hydroxylation is 1. The van der Waals surface area contributed by atoms with Crippen LogP contribution in [0.15, 0.2) is 28.8 Å². The molecule has 4 nitrogen and oxygen atoms in total. The Labute approximate surface area is 137 Å². The van der Waals surface area contributed by atoms with Gasteiger partial charge in [0.05, 0.1) is 5.54 Å². The topological polar surface area (TPSA) is 64.9 Å². The second kappa shape index (κ2) is 6.63. The van der Waals surface area contributed by atoms with Crippen LogP contribution in [0, 0.1) is 0 Å². The summed E-state index contributed by atoms with van der Waals surface area (Å²) in [4.78, 5) is 4.42. The Kier molecular flexibility index (Phi) is 5.04. The van der Waals surface area contributed by atoms with Crippen molar-refractivity contribution in [2.24, 2.45) is 5.73 Å². The molecule has 0 saturated heterocycles. The van der Waals surface area contributed by atoms with Gasteiger partial charge in [0, 0.05) is 6.08 Å². The van der Waals surface area contributed by atoms with Crippen LogP contribution >= 0.6 is 12.4 Å². The van der Waals surface area contributed by atoms with Crippen molar-refractivity contribution < 1.29 is 4.52 Å². The third-order valence-electron chi connectivity index (χ3n) is 4.29. The highest BCUT2D eigenvalue weighted by Crippen LogP contribution is 2.37. The fourth-order valence-electron chi connectivity index (χ4n) is 2.55. The van der Waals surface area contributed by atoms with Crippen LogP contribution in [0.2, 0.25) is 0 Å². The van der Waals surface area contributed by atoms with Gasteiger partial charge in [-0.1, -0.05) is 36.3 Å². The van der Waals surface area contributed by atoms with Gasteiger partial charge in [-0.05, 0) is 49.3 Å². The first-order chi connectivity index (χ1) is 10.1. The largest absolute Gasteiger partial charge is 0.335 e. The Hall–Kier alpha value is -1.65. The molecule has 0 aliphatic heterocycles. The number of hydrogen-bond acceptors (Lipinski definition) is 4. The lowest BCUT2D eigenvalue weighted by Gasteiger charge is -2.34. The molecule has 0 bridgehead atoms. The van der Waals surface area contributed by atoms with Crippen LogP contribution in [0.1, 0.15) is 56.0 Å². The number of allylic oxidation sites excluding steroid dienone is 1. The second-order valence-corrected chi connectivity index (χ2v) is 5.84. The maximum Gasteiger partial charge on any atom is 0.250 e. The van der Waals surface area contributed by atoms with E-state index in [9.17, 15) is 0 Å². The monoisotopic (exact) mass is 319 g/mol. The van der Waals surface area contributed by atoms with Gasteiger partial charge in [0.1, 0.15) is 0 Å². The molecule has 1 aliphatic carbocycles. The summed E-state index contributed by atoms with van der Waals surface area (Å²) in [5.41, 5.74) is 9.44. The number of nitrogens with two attached hydrogens (primary N) is 1. The second-order valence-electron chi connectivity index (χ2n) is 5.84. The Bertz CT molecular complexity index is 657. The highest BCUT2D eigenvalue weighted by molar-refractivity contribution is 5.85. The van der Waals surface area contributed by atoms with Crippen LogP contribution in [0.4, 0.5) is 0 Å². The fraction of sp³-hybridized carbons (Fsp3) is 0.412. The number of benzene rings is 1. The van der Waals surface area contributed by atoms with E-state index >= 15 is 0 Å². The predicted molar refractivity (Wildman–Crippen MR) is 90.6 cm³/mol. The van der Waals surface area contributed by atoms with E-state index in [0.29, 0.717) is 11.7 Å². The molecule has 2 N–H and O–H groups in total. The minimum Gasteiger partial charge on any atom is -0.335 e. The van der Waals surface area contributed by atoms with Crippen molar-refractivity contribution >= 4 is 24.1 Å². The van der Waals surface area contributed by atoms with Gasteiger partial charge in [-0.15, -0.1) is 12.4 Å². The van der Waals surface area contributed by atoms with E-state index in [2.05, 4.69) is 41.3 Å². The quantitative estimate of drug-likeness (QED) is 0.926. The molecular formula is C17H22ClN3O. The van der Waals surface area contributed by atoms with Crippen molar-refractivity contribution in [2.45, 2.75) is 45.1 Å². The van der Waals surface area contributed by atoms with E-state index in [4.69, 9.17) is 10.3 Å². The first-order valence-corrected chi connectivity index (χ1v) is 7.51. The normalized spacial score (nSPS) is 16.8.